The number of anilines is 3. The molecule has 2 aromatic rings. The van der Waals surface area contributed by atoms with Crippen molar-refractivity contribution in [2.45, 2.75) is 12.3 Å². The number of halogens is 2. The predicted molar refractivity (Wildman–Crippen MR) is 91.9 cm³/mol. The number of hydrogen-bond acceptors (Lipinski definition) is 3. The van der Waals surface area contributed by atoms with E-state index < -0.39 is 5.92 Å². The van der Waals surface area contributed by atoms with Crippen LogP contribution in [0.2, 0.25) is 10.0 Å². The summed E-state index contributed by atoms with van der Waals surface area (Å²) in [5.41, 5.74) is 7.79. The van der Waals surface area contributed by atoms with E-state index in [0.29, 0.717) is 11.4 Å². The molecule has 1 aliphatic rings. The van der Waals surface area contributed by atoms with Gasteiger partial charge in [0, 0.05) is 17.8 Å². The van der Waals surface area contributed by atoms with E-state index in [1.807, 2.05) is 12.1 Å². The zero-order valence-electron chi connectivity index (χ0n) is 11.9. The molecule has 118 valence electrons. The first kappa shape index (κ1) is 15.6. The summed E-state index contributed by atoms with van der Waals surface area (Å²) in [7, 11) is 0. The Labute approximate surface area is 142 Å². The molecule has 4 N–H and O–H groups in total. The van der Waals surface area contributed by atoms with E-state index in [1.54, 1.807) is 12.1 Å². The van der Waals surface area contributed by atoms with Gasteiger partial charge in [0.1, 0.15) is 0 Å². The van der Waals surface area contributed by atoms with Gasteiger partial charge in [-0.3, -0.25) is 9.59 Å². The molecular weight excluding hydrogens is 337 g/mol. The van der Waals surface area contributed by atoms with Gasteiger partial charge in [-0.25, -0.2) is 0 Å². The number of fused-ring (bicyclic) bond motifs is 1. The van der Waals surface area contributed by atoms with E-state index in [4.69, 9.17) is 28.9 Å². The summed E-state index contributed by atoms with van der Waals surface area (Å²) in [4.78, 5) is 24.4. The Morgan fingerprint density at radius 3 is 2.57 bits per heavy atom. The maximum atomic E-state index is 12.6. The summed E-state index contributed by atoms with van der Waals surface area (Å²) < 4.78 is 0. The van der Waals surface area contributed by atoms with Crippen LogP contribution in [0, 0.1) is 0 Å². The van der Waals surface area contributed by atoms with Gasteiger partial charge in [-0.2, -0.15) is 0 Å². The molecule has 2 aromatic carbocycles. The number of nitrogens with one attached hydrogen (secondary N) is 2. The van der Waals surface area contributed by atoms with Crippen molar-refractivity contribution in [1.82, 2.24) is 0 Å². The molecule has 0 spiro atoms. The topological polar surface area (TPSA) is 84.2 Å². The molecule has 1 aliphatic heterocycles. The second kappa shape index (κ2) is 6.10. The zero-order valence-corrected chi connectivity index (χ0v) is 13.4. The first-order valence-electron chi connectivity index (χ1n) is 6.90. The lowest BCUT2D eigenvalue weighted by molar-refractivity contribution is -0.123. The highest BCUT2D eigenvalue weighted by atomic mass is 35.5. The molecule has 3 rings (SSSR count). The van der Waals surface area contributed by atoms with Crippen LogP contribution in [0.15, 0.2) is 36.4 Å². The Bertz CT molecular complexity index is 785. The fourth-order valence-corrected chi connectivity index (χ4v) is 3.02. The minimum atomic E-state index is -0.574. The van der Waals surface area contributed by atoms with E-state index in [9.17, 15) is 9.59 Å². The highest BCUT2D eigenvalue weighted by molar-refractivity contribution is 6.39. The van der Waals surface area contributed by atoms with Crippen molar-refractivity contribution in [2.24, 2.45) is 0 Å². The summed E-state index contributed by atoms with van der Waals surface area (Å²) in [5, 5.41) is 6.01. The van der Waals surface area contributed by atoms with Crippen LogP contribution in [-0.4, -0.2) is 11.8 Å². The molecule has 0 radical (unpaired) electrons. The van der Waals surface area contributed by atoms with Crippen LogP contribution >= 0.6 is 23.2 Å². The van der Waals surface area contributed by atoms with Crippen molar-refractivity contribution in [3.63, 3.8) is 0 Å². The van der Waals surface area contributed by atoms with Gasteiger partial charge in [0.05, 0.1) is 21.7 Å². The third-order valence-corrected chi connectivity index (χ3v) is 4.29. The van der Waals surface area contributed by atoms with Crippen molar-refractivity contribution >= 4 is 52.1 Å². The maximum absolute atomic E-state index is 12.6. The van der Waals surface area contributed by atoms with Gasteiger partial charge < -0.3 is 16.4 Å². The van der Waals surface area contributed by atoms with Crippen LogP contribution in [0.25, 0.3) is 0 Å². The Morgan fingerprint density at radius 2 is 1.87 bits per heavy atom. The summed E-state index contributed by atoms with van der Waals surface area (Å²) in [6.45, 7) is 0. The van der Waals surface area contributed by atoms with E-state index in [0.717, 1.165) is 5.56 Å². The van der Waals surface area contributed by atoms with Crippen LogP contribution in [-0.2, 0) is 9.59 Å². The summed E-state index contributed by atoms with van der Waals surface area (Å²) in [5.74, 6) is -1.07. The van der Waals surface area contributed by atoms with Crippen molar-refractivity contribution in [2.75, 3.05) is 16.4 Å². The second-order valence-electron chi connectivity index (χ2n) is 5.23. The van der Waals surface area contributed by atoms with Gasteiger partial charge in [-0.05, 0) is 23.8 Å². The largest absolute Gasteiger partial charge is 0.396 e. The summed E-state index contributed by atoms with van der Waals surface area (Å²) >= 11 is 11.9. The Balaban J connectivity index is 1.88. The Morgan fingerprint density at radius 1 is 1.22 bits per heavy atom. The average Bonchev–Trinajstić information content (AvgIpc) is 2.51. The van der Waals surface area contributed by atoms with Crippen molar-refractivity contribution < 1.29 is 9.59 Å². The number of carbonyl (C=O) groups excluding carboxylic acids is 2. The van der Waals surface area contributed by atoms with Crippen LogP contribution in [0.3, 0.4) is 0 Å². The molecule has 0 aromatic heterocycles. The zero-order chi connectivity index (χ0) is 16.6. The first-order chi connectivity index (χ1) is 11.0. The highest BCUT2D eigenvalue weighted by Crippen LogP contribution is 2.35. The van der Waals surface area contributed by atoms with E-state index >= 15 is 0 Å². The average molecular weight is 350 g/mol. The number of carbonyl (C=O) groups is 2. The normalized spacial score (nSPS) is 16.4. The van der Waals surface area contributed by atoms with Gasteiger partial charge in [0.2, 0.25) is 11.8 Å². The number of amides is 2. The summed E-state index contributed by atoms with van der Waals surface area (Å²) in [6, 6.07) is 10.3. The number of nitrogens with two attached hydrogens (primary N) is 1. The molecule has 1 atom stereocenters. The first-order valence-corrected chi connectivity index (χ1v) is 7.65. The molecule has 0 aliphatic carbocycles. The number of rotatable bonds is 2. The van der Waals surface area contributed by atoms with Crippen LogP contribution in [0.4, 0.5) is 17.1 Å². The van der Waals surface area contributed by atoms with Crippen molar-refractivity contribution in [3.05, 3.63) is 52.0 Å². The molecule has 0 saturated carbocycles. The van der Waals surface area contributed by atoms with Gasteiger partial charge in [0.25, 0.3) is 0 Å². The summed E-state index contributed by atoms with van der Waals surface area (Å²) in [6.07, 6.45) is 0.0826. The SMILES string of the molecule is Nc1c(Cl)cc(NC(=O)C2CC(=O)Nc3ccccc32)cc1Cl. The number of hydrogen-bond donors (Lipinski definition) is 3. The van der Waals surface area contributed by atoms with Crippen molar-refractivity contribution in [1.29, 1.82) is 0 Å². The molecule has 2 amide bonds. The minimum Gasteiger partial charge on any atom is -0.396 e. The monoisotopic (exact) mass is 349 g/mol. The van der Waals surface area contributed by atoms with E-state index in [1.165, 1.54) is 12.1 Å². The molecule has 5 nitrogen and oxygen atoms in total. The molecule has 0 saturated heterocycles. The van der Waals surface area contributed by atoms with Crippen LogP contribution < -0.4 is 16.4 Å². The fraction of sp³-hybridized carbons (Fsp3) is 0.125. The number of para-hydroxylation sites is 1. The third kappa shape index (κ3) is 3.11. The lowest BCUT2D eigenvalue weighted by Crippen LogP contribution is -2.30. The lowest BCUT2D eigenvalue weighted by atomic mass is 9.90. The smallest absolute Gasteiger partial charge is 0.232 e. The molecule has 0 fully saturated rings. The molecular formula is C16H13Cl2N3O2. The van der Waals surface area contributed by atoms with E-state index in [-0.39, 0.29) is 34.0 Å². The fourth-order valence-electron chi connectivity index (χ4n) is 2.53. The minimum absolute atomic E-state index is 0.0826. The predicted octanol–water partition coefficient (Wildman–Crippen LogP) is 3.64. The number of nitrogen functional groups attached to an aromatic ring is 1. The van der Waals surface area contributed by atoms with Crippen molar-refractivity contribution in [3.8, 4) is 0 Å². The molecule has 1 heterocycles. The molecule has 23 heavy (non-hydrogen) atoms. The van der Waals surface area contributed by atoms with Gasteiger partial charge in [-0.15, -0.1) is 0 Å². The maximum Gasteiger partial charge on any atom is 0.232 e. The second-order valence-corrected chi connectivity index (χ2v) is 6.05. The molecule has 1 unspecified atom stereocenters. The Kier molecular flexibility index (Phi) is 4.15. The lowest BCUT2D eigenvalue weighted by Gasteiger charge is -2.24. The van der Waals surface area contributed by atoms with Gasteiger partial charge in [-0.1, -0.05) is 41.4 Å². The third-order valence-electron chi connectivity index (χ3n) is 3.66. The van der Waals surface area contributed by atoms with Gasteiger partial charge in [0.15, 0.2) is 0 Å². The standard InChI is InChI=1S/C16H13Cl2N3O2/c17-11-5-8(6-12(18)15(11)19)20-16(23)10-7-14(22)21-13-4-2-1-3-9(10)13/h1-6,10H,7,19H2,(H,20,23)(H,21,22). The molecule has 0 bridgehead atoms. The van der Waals surface area contributed by atoms with Crippen LogP contribution in [0.1, 0.15) is 17.9 Å². The van der Waals surface area contributed by atoms with Crippen LogP contribution in [0.5, 0.6) is 0 Å². The number of benzene rings is 2. The van der Waals surface area contributed by atoms with E-state index in [2.05, 4.69) is 10.6 Å². The quantitative estimate of drug-likeness (QED) is 0.723. The molecule has 7 heteroatoms. The Hall–Kier alpha value is -2.24. The van der Waals surface area contributed by atoms with Gasteiger partial charge >= 0.3 is 0 Å². The highest BCUT2D eigenvalue weighted by Gasteiger charge is 2.30.